The minimum Gasteiger partial charge on any atom is -0.381 e. The third-order valence-corrected chi connectivity index (χ3v) is 3.36. The Bertz CT molecular complexity index is 608. The van der Waals surface area contributed by atoms with E-state index >= 15 is 0 Å². The highest BCUT2D eigenvalue weighted by molar-refractivity contribution is 6.28. The predicted octanol–water partition coefficient (Wildman–Crippen LogP) is 1.14. The Labute approximate surface area is 113 Å². The molecule has 2 aromatic rings. The minimum atomic E-state index is -0.132. The number of amides is 1. The van der Waals surface area contributed by atoms with Crippen molar-refractivity contribution in [2.45, 2.75) is 12.8 Å². The highest BCUT2D eigenvalue weighted by Gasteiger charge is 2.23. The third-order valence-electron chi connectivity index (χ3n) is 3.08. The van der Waals surface area contributed by atoms with Crippen molar-refractivity contribution in [3.8, 4) is 0 Å². The van der Waals surface area contributed by atoms with Crippen molar-refractivity contribution in [2.75, 3.05) is 18.5 Å². The zero-order chi connectivity index (χ0) is 13.2. The van der Waals surface area contributed by atoms with Gasteiger partial charge in [-0.2, -0.15) is 0 Å². The van der Waals surface area contributed by atoms with Crippen molar-refractivity contribution in [3.05, 3.63) is 17.8 Å². The van der Waals surface area contributed by atoms with Crippen LogP contribution < -0.4 is 5.32 Å². The molecule has 19 heavy (non-hydrogen) atoms. The molecule has 1 aliphatic heterocycles. The molecule has 1 N–H and O–H groups in total. The van der Waals surface area contributed by atoms with Gasteiger partial charge in [0.15, 0.2) is 5.65 Å². The molecule has 100 valence electrons. The van der Waals surface area contributed by atoms with Crippen LogP contribution in [0.5, 0.6) is 0 Å². The lowest BCUT2D eigenvalue weighted by molar-refractivity contribution is -0.123. The van der Waals surface area contributed by atoms with Gasteiger partial charge in [-0.1, -0.05) is 0 Å². The highest BCUT2D eigenvalue weighted by Crippen LogP contribution is 2.20. The van der Waals surface area contributed by atoms with E-state index < -0.39 is 0 Å². The zero-order valence-corrected chi connectivity index (χ0v) is 10.8. The Balaban J connectivity index is 1.83. The summed E-state index contributed by atoms with van der Waals surface area (Å²) in [5.74, 6) is -0.221. The summed E-state index contributed by atoms with van der Waals surface area (Å²) in [4.78, 5) is 16.1. The Hall–Kier alpha value is -1.73. The van der Waals surface area contributed by atoms with Crippen molar-refractivity contribution >= 4 is 28.8 Å². The van der Waals surface area contributed by atoms with Gasteiger partial charge in [-0.05, 0) is 24.4 Å². The molecule has 3 heterocycles. The molecule has 0 saturated carbocycles. The van der Waals surface area contributed by atoms with Crippen LogP contribution in [0.25, 0.3) is 5.65 Å². The van der Waals surface area contributed by atoms with Crippen LogP contribution >= 0.6 is 11.6 Å². The van der Waals surface area contributed by atoms with Gasteiger partial charge in [-0.3, -0.25) is 9.20 Å². The second kappa shape index (κ2) is 5.10. The van der Waals surface area contributed by atoms with Crippen LogP contribution in [0, 0.1) is 5.92 Å². The molecule has 1 fully saturated rings. The van der Waals surface area contributed by atoms with Gasteiger partial charge >= 0.3 is 0 Å². The van der Waals surface area contributed by atoms with Crippen molar-refractivity contribution in [3.63, 3.8) is 0 Å². The smallest absolute Gasteiger partial charge is 0.229 e. The quantitative estimate of drug-likeness (QED) is 0.835. The van der Waals surface area contributed by atoms with Crippen molar-refractivity contribution in [1.82, 2.24) is 19.6 Å². The molecule has 1 aliphatic rings. The van der Waals surface area contributed by atoms with Gasteiger partial charge in [-0.25, -0.2) is 4.98 Å². The minimum absolute atomic E-state index is 0.0891. The number of halogens is 1. The van der Waals surface area contributed by atoms with Crippen LogP contribution in [0.1, 0.15) is 12.8 Å². The maximum absolute atomic E-state index is 12.1. The Kier molecular flexibility index (Phi) is 3.31. The summed E-state index contributed by atoms with van der Waals surface area (Å²) < 4.78 is 6.81. The maximum Gasteiger partial charge on any atom is 0.229 e. The van der Waals surface area contributed by atoms with Gasteiger partial charge in [0.25, 0.3) is 0 Å². The molecule has 0 radical (unpaired) electrons. The predicted molar refractivity (Wildman–Crippen MR) is 68.0 cm³/mol. The van der Waals surface area contributed by atoms with E-state index in [0.717, 1.165) is 19.4 Å². The van der Waals surface area contributed by atoms with Crippen LogP contribution in [0.4, 0.5) is 5.69 Å². The van der Waals surface area contributed by atoms with E-state index in [4.69, 9.17) is 16.3 Å². The number of nitrogens with zero attached hydrogens (tertiary/aromatic N) is 4. The van der Waals surface area contributed by atoms with E-state index in [1.807, 2.05) is 0 Å². The monoisotopic (exact) mass is 281 g/mol. The van der Waals surface area contributed by atoms with Crippen LogP contribution in [0.2, 0.25) is 5.28 Å². The van der Waals surface area contributed by atoms with E-state index in [2.05, 4.69) is 20.5 Å². The molecular formula is C11H12ClN5O2. The molecular weight excluding hydrogens is 270 g/mol. The van der Waals surface area contributed by atoms with E-state index in [9.17, 15) is 4.79 Å². The fraction of sp³-hybridized carbons (Fsp3) is 0.455. The number of carbonyl (C=O) groups excluding carboxylic acids is 1. The molecule has 8 heteroatoms. The number of fused-ring (bicyclic) bond motifs is 1. The lowest BCUT2D eigenvalue weighted by Crippen LogP contribution is -2.30. The van der Waals surface area contributed by atoms with E-state index in [-0.39, 0.29) is 17.1 Å². The third kappa shape index (κ3) is 2.39. The standard InChI is InChI=1S/C11H12ClN5O2/c12-11-13-4-8(9-16-14-6-17(9)11)15-10(18)7-2-1-3-19-5-7/h4,6-7H,1-3,5H2,(H,15,18). The summed E-state index contributed by atoms with van der Waals surface area (Å²) in [6.45, 7) is 1.18. The molecule has 7 nitrogen and oxygen atoms in total. The van der Waals surface area contributed by atoms with Crippen molar-refractivity contribution < 1.29 is 9.53 Å². The van der Waals surface area contributed by atoms with Gasteiger partial charge < -0.3 is 10.1 Å². The van der Waals surface area contributed by atoms with E-state index in [1.54, 1.807) is 0 Å². The molecule has 1 atom stereocenters. The number of anilines is 1. The summed E-state index contributed by atoms with van der Waals surface area (Å²) in [6.07, 6.45) is 4.66. The first-order valence-electron chi connectivity index (χ1n) is 5.98. The fourth-order valence-corrected chi connectivity index (χ4v) is 2.23. The number of carbonyl (C=O) groups is 1. The van der Waals surface area contributed by atoms with Crippen LogP contribution in [-0.2, 0) is 9.53 Å². The fourth-order valence-electron chi connectivity index (χ4n) is 2.06. The van der Waals surface area contributed by atoms with E-state index in [0.29, 0.717) is 17.9 Å². The first kappa shape index (κ1) is 12.3. The molecule has 0 bridgehead atoms. The Morgan fingerprint density at radius 3 is 3.26 bits per heavy atom. The topological polar surface area (TPSA) is 81.4 Å². The molecule has 1 saturated heterocycles. The second-order valence-corrected chi connectivity index (χ2v) is 4.71. The zero-order valence-electron chi connectivity index (χ0n) is 10.0. The SMILES string of the molecule is O=C(Nc1cnc(Cl)n2cnnc12)C1CCCOC1. The van der Waals surface area contributed by atoms with Crippen LogP contribution in [-0.4, -0.2) is 38.7 Å². The second-order valence-electron chi connectivity index (χ2n) is 4.37. The molecule has 2 aromatic heterocycles. The summed E-state index contributed by atoms with van der Waals surface area (Å²) in [6, 6.07) is 0. The highest BCUT2D eigenvalue weighted by atomic mass is 35.5. The maximum atomic E-state index is 12.1. The first-order valence-corrected chi connectivity index (χ1v) is 6.36. The molecule has 0 aliphatic carbocycles. The number of aromatic nitrogens is 4. The Morgan fingerprint density at radius 1 is 1.58 bits per heavy atom. The number of nitrogens with one attached hydrogen (secondary N) is 1. The van der Waals surface area contributed by atoms with Gasteiger partial charge in [0, 0.05) is 6.61 Å². The summed E-state index contributed by atoms with van der Waals surface area (Å²) in [5.41, 5.74) is 0.975. The summed E-state index contributed by atoms with van der Waals surface area (Å²) >= 11 is 5.89. The number of hydrogen-bond acceptors (Lipinski definition) is 5. The summed E-state index contributed by atoms with van der Waals surface area (Å²) in [5, 5.41) is 10.7. The average molecular weight is 282 g/mol. The van der Waals surface area contributed by atoms with Gasteiger partial charge in [0.1, 0.15) is 12.0 Å². The molecule has 0 aromatic carbocycles. The van der Waals surface area contributed by atoms with E-state index in [1.165, 1.54) is 16.9 Å². The number of ether oxygens (including phenoxy) is 1. The Morgan fingerprint density at radius 2 is 2.47 bits per heavy atom. The number of hydrogen-bond donors (Lipinski definition) is 1. The number of rotatable bonds is 2. The molecule has 3 rings (SSSR count). The lowest BCUT2D eigenvalue weighted by atomic mass is 10.0. The van der Waals surface area contributed by atoms with Crippen LogP contribution in [0.15, 0.2) is 12.5 Å². The first-order chi connectivity index (χ1) is 9.25. The van der Waals surface area contributed by atoms with Gasteiger partial charge in [-0.15, -0.1) is 10.2 Å². The van der Waals surface area contributed by atoms with Gasteiger partial charge in [0.2, 0.25) is 11.2 Å². The average Bonchev–Trinajstić information content (AvgIpc) is 2.93. The molecule has 1 amide bonds. The van der Waals surface area contributed by atoms with Crippen molar-refractivity contribution in [1.29, 1.82) is 0 Å². The van der Waals surface area contributed by atoms with Crippen molar-refractivity contribution in [2.24, 2.45) is 5.92 Å². The van der Waals surface area contributed by atoms with Crippen LogP contribution in [0.3, 0.4) is 0 Å². The summed E-state index contributed by atoms with van der Waals surface area (Å²) in [7, 11) is 0. The largest absolute Gasteiger partial charge is 0.381 e. The lowest BCUT2D eigenvalue weighted by Gasteiger charge is -2.21. The van der Waals surface area contributed by atoms with Gasteiger partial charge in [0.05, 0.1) is 18.7 Å². The molecule has 0 spiro atoms. The molecule has 1 unspecified atom stereocenters. The normalized spacial score (nSPS) is 19.5.